The summed E-state index contributed by atoms with van der Waals surface area (Å²) in [5.74, 6) is 0. The summed E-state index contributed by atoms with van der Waals surface area (Å²) in [6.07, 6.45) is 2.83. The summed E-state index contributed by atoms with van der Waals surface area (Å²) in [5, 5.41) is 0. The van der Waals surface area contributed by atoms with E-state index in [4.69, 9.17) is 5.73 Å². The Hall–Kier alpha value is -0.280. The summed E-state index contributed by atoms with van der Waals surface area (Å²) in [7, 11) is 0. The smallest absolute Gasteiger partial charge is 0.0352 e. The number of aromatic nitrogens is 1. The van der Waals surface area contributed by atoms with Crippen LogP contribution in [0.1, 0.15) is 5.69 Å². The lowest BCUT2D eigenvalue weighted by atomic mass is 10.3. The van der Waals surface area contributed by atoms with Gasteiger partial charge in [-0.3, -0.25) is 0 Å². The topological polar surface area (TPSA) is 41.8 Å². The van der Waals surface area contributed by atoms with E-state index in [1.807, 2.05) is 12.3 Å². The van der Waals surface area contributed by atoms with Crippen LogP contribution in [-0.4, -0.2) is 11.5 Å². The van der Waals surface area contributed by atoms with E-state index in [-0.39, 0.29) is 0 Å². The van der Waals surface area contributed by atoms with Crippen molar-refractivity contribution in [2.75, 3.05) is 6.54 Å². The Labute approximate surface area is 62.6 Å². The van der Waals surface area contributed by atoms with E-state index < -0.39 is 0 Å². The highest BCUT2D eigenvalue weighted by molar-refractivity contribution is 9.10. The molecule has 0 aromatic carbocycles. The molecule has 0 saturated heterocycles. The number of nitrogens with two attached hydrogens (primary N) is 1. The number of halogens is 1. The number of hydrogen-bond donors (Lipinski definition) is 2. The van der Waals surface area contributed by atoms with Gasteiger partial charge in [-0.25, -0.2) is 0 Å². The molecule has 0 atom stereocenters. The number of H-pyrrole nitrogens is 1. The SMILES string of the molecule is NCCc1cc(Br)c[nH]1. The average Bonchev–Trinajstić information content (AvgIpc) is 2.17. The predicted molar refractivity (Wildman–Crippen MR) is 41.3 cm³/mol. The molecule has 3 N–H and O–H groups in total. The molecule has 1 rings (SSSR count). The first kappa shape index (κ1) is 6.83. The van der Waals surface area contributed by atoms with Gasteiger partial charge in [0.1, 0.15) is 0 Å². The van der Waals surface area contributed by atoms with Crippen molar-refractivity contribution in [1.29, 1.82) is 0 Å². The Morgan fingerprint density at radius 2 is 2.44 bits per heavy atom. The zero-order valence-corrected chi connectivity index (χ0v) is 6.61. The first-order valence-electron chi connectivity index (χ1n) is 2.86. The van der Waals surface area contributed by atoms with Crippen LogP contribution in [0.5, 0.6) is 0 Å². The molecule has 50 valence electrons. The normalized spacial score (nSPS) is 10.0. The van der Waals surface area contributed by atoms with E-state index in [1.165, 1.54) is 5.69 Å². The molecule has 0 aliphatic carbocycles. The second-order valence-electron chi connectivity index (χ2n) is 1.88. The summed E-state index contributed by atoms with van der Waals surface area (Å²) in [5.41, 5.74) is 6.52. The molecule has 0 saturated carbocycles. The third-order valence-electron chi connectivity index (χ3n) is 1.12. The van der Waals surface area contributed by atoms with E-state index in [1.54, 1.807) is 0 Å². The van der Waals surface area contributed by atoms with Crippen molar-refractivity contribution in [3.8, 4) is 0 Å². The Balaban J connectivity index is 2.61. The number of hydrogen-bond acceptors (Lipinski definition) is 1. The zero-order chi connectivity index (χ0) is 6.69. The van der Waals surface area contributed by atoms with Gasteiger partial charge in [0.05, 0.1) is 0 Å². The molecule has 2 nitrogen and oxygen atoms in total. The van der Waals surface area contributed by atoms with Gasteiger partial charge in [-0.2, -0.15) is 0 Å². The van der Waals surface area contributed by atoms with Crippen molar-refractivity contribution < 1.29 is 0 Å². The number of rotatable bonds is 2. The summed E-state index contributed by atoms with van der Waals surface area (Å²) in [4.78, 5) is 3.08. The second-order valence-corrected chi connectivity index (χ2v) is 2.80. The van der Waals surface area contributed by atoms with E-state index in [0.29, 0.717) is 6.54 Å². The van der Waals surface area contributed by atoms with Crippen molar-refractivity contribution in [3.63, 3.8) is 0 Å². The van der Waals surface area contributed by atoms with Crippen LogP contribution in [0.25, 0.3) is 0 Å². The maximum absolute atomic E-state index is 5.33. The highest BCUT2D eigenvalue weighted by Gasteiger charge is 1.92. The van der Waals surface area contributed by atoms with Crippen molar-refractivity contribution >= 4 is 15.9 Å². The highest BCUT2D eigenvalue weighted by atomic mass is 79.9. The van der Waals surface area contributed by atoms with Gasteiger partial charge in [-0.1, -0.05) is 0 Å². The maximum atomic E-state index is 5.33. The van der Waals surface area contributed by atoms with Crippen molar-refractivity contribution in [1.82, 2.24) is 4.98 Å². The molecule has 0 fully saturated rings. The molecular formula is C6H9BrN2. The quantitative estimate of drug-likeness (QED) is 0.722. The van der Waals surface area contributed by atoms with Crippen LogP contribution in [0.2, 0.25) is 0 Å². The molecule has 0 aliphatic heterocycles. The summed E-state index contributed by atoms with van der Waals surface area (Å²) < 4.78 is 1.09. The standard InChI is InChI=1S/C6H9BrN2/c7-5-3-6(1-2-8)9-4-5/h3-4,9H,1-2,8H2. The minimum atomic E-state index is 0.701. The van der Waals surface area contributed by atoms with Gasteiger partial charge in [0.25, 0.3) is 0 Å². The lowest BCUT2D eigenvalue weighted by Crippen LogP contribution is -2.02. The van der Waals surface area contributed by atoms with E-state index in [2.05, 4.69) is 20.9 Å². The molecule has 0 spiro atoms. The minimum Gasteiger partial charge on any atom is -0.364 e. The van der Waals surface area contributed by atoms with Crippen LogP contribution < -0.4 is 5.73 Å². The lowest BCUT2D eigenvalue weighted by Gasteiger charge is -1.88. The number of nitrogens with one attached hydrogen (secondary N) is 1. The van der Waals surface area contributed by atoms with Crippen molar-refractivity contribution in [3.05, 3.63) is 22.4 Å². The predicted octanol–water partition coefficient (Wildman–Crippen LogP) is 1.28. The van der Waals surface area contributed by atoms with Crippen LogP contribution >= 0.6 is 15.9 Å². The third kappa shape index (κ3) is 1.84. The maximum Gasteiger partial charge on any atom is 0.0352 e. The molecule has 1 heterocycles. The fourth-order valence-corrected chi connectivity index (χ4v) is 1.10. The van der Waals surface area contributed by atoms with Crippen LogP contribution in [-0.2, 0) is 6.42 Å². The molecule has 1 aromatic heterocycles. The molecular weight excluding hydrogens is 180 g/mol. The zero-order valence-electron chi connectivity index (χ0n) is 5.02. The fraction of sp³-hybridized carbons (Fsp3) is 0.333. The highest BCUT2D eigenvalue weighted by Crippen LogP contribution is 2.09. The molecule has 9 heavy (non-hydrogen) atoms. The first-order chi connectivity index (χ1) is 4.33. The first-order valence-corrected chi connectivity index (χ1v) is 3.65. The monoisotopic (exact) mass is 188 g/mol. The summed E-state index contributed by atoms with van der Waals surface area (Å²) in [6.45, 7) is 0.701. The molecule has 3 heteroatoms. The molecule has 1 aromatic rings. The molecule has 0 radical (unpaired) electrons. The van der Waals surface area contributed by atoms with Gasteiger partial charge >= 0.3 is 0 Å². The summed E-state index contributed by atoms with van der Waals surface area (Å²) >= 11 is 3.33. The Bertz CT molecular complexity index is 183. The van der Waals surface area contributed by atoms with Gasteiger partial charge < -0.3 is 10.7 Å². The molecule has 0 bridgehead atoms. The van der Waals surface area contributed by atoms with Gasteiger partial charge in [0.2, 0.25) is 0 Å². The lowest BCUT2D eigenvalue weighted by molar-refractivity contribution is 0.935. The van der Waals surface area contributed by atoms with Crippen LogP contribution in [0, 0.1) is 0 Å². The third-order valence-corrected chi connectivity index (χ3v) is 1.58. The largest absolute Gasteiger partial charge is 0.364 e. The average molecular weight is 189 g/mol. The van der Waals surface area contributed by atoms with Crippen molar-refractivity contribution in [2.45, 2.75) is 6.42 Å². The van der Waals surface area contributed by atoms with E-state index in [0.717, 1.165) is 10.9 Å². The fourth-order valence-electron chi connectivity index (χ4n) is 0.711. The van der Waals surface area contributed by atoms with Crippen LogP contribution in [0.15, 0.2) is 16.7 Å². The minimum absolute atomic E-state index is 0.701. The molecule has 0 amide bonds. The van der Waals surface area contributed by atoms with Crippen molar-refractivity contribution in [2.24, 2.45) is 5.73 Å². The summed E-state index contributed by atoms with van der Waals surface area (Å²) in [6, 6.07) is 2.03. The van der Waals surface area contributed by atoms with Crippen LogP contribution in [0.3, 0.4) is 0 Å². The van der Waals surface area contributed by atoms with E-state index in [9.17, 15) is 0 Å². The molecule has 0 aliphatic rings. The Kier molecular flexibility index (Phi) is 2.30. The molecule has 0 unspecified atom stereocenters. The van der Waals surface area contributed by atoms with Gasteiger partial charge in [0.15, 0.2) is 0 Å². The second kappa shape index (κ2) is 3.03. The Morgan fingerprint density at radius 3 is 2.89 bits per heavy atom. The number of aromatic amines is 1. The van der Waals surface area contributed by atoms with Gasteiger partial charge in [-0.05, 0) is 35.0 Å². The Morgan fingerprint density at radius 1 is 1.67 bits per heavy atom. The van der Waals surface area contributed by atoms with Gasteiger partial charge in [-0.15, -0.1) is 0 Å². The van der Waals surface area contributed by atoms with Crippen LogP contribution in [0.4, 0.5) is 0 Å². The van der Waals surface area contributed by atoms with Gasteiger partial charge in [0, 0.05) is 16.4 Å². The van der Waals surface area contributed by atoms with E-state index >= 15 is 0 Å².